The number of nitrogens with zero attached hydrogens (tertiary/aromatic N) is 4. The fraction of sp³-hybridized carbons (Fsp3) is 0.789. The van der Waals surface area contributed by atoms with Crippen LogP contribution in [0.4, 0.5) is 5.82 Å². The van der Waals surface area contributed by atoms with Gasteiger partial charge in [0.05, 0.1) is 7.11 Å². The second-order valence-electron chi connectivity index (χ2n) is 8.59. The maximum atomic E-state index is 5.22. The molecule has 134 valence electrons. The summed E-state index contributed by atoms with van der Waals surface area (Å²) in [6.07, 6.45) is 5.53. The lowest BCUT2D eigenvalue weighted by Gasteiger charge is -2.35. The van der Waals surface area contributed by atoms with E-state index in [1.165, 1.54) is 38.9 Å². The zero-order valence-electron chi connectivity index (χ0n) is 15.7. The van der Waals surface area contributed by atoms with Crippen LogP contribution in [0.3, 0.4) is 0 Å². The van der Waals surface area contributed by atoms with Crippen molar-refractivity contribution in [2.75, 3.05) is 44.7 Å². The Kier molecular flexibility index (Phi) is 5.28. The average Bonchev–Trinajstić information content (AvgIpc) is 3.01. The molecule has 3 rings (SSSR count). The third kappa shape index (κ3) is 4.38. The van der Waals surface area contributed by atoms with Crippen LogP contribution in [0.2, 0.25) is 0 Å². The predicted molar refractivity (Wildman–Crippen MR) is 97.5 cm³/mol. The van der Waals surface area contributed by atoms with Crippen LogP contribution in [0.15, 0.2) is 12.4 Å². The molecule has 0 saturated carbocycles. The van der Waals surface area contributed by atoms with Crippen molar-refractivity contribution in [2.24, 2.45) is 17.3 Å². The third-order valence-electron chi connectivity index (χ3n) is 5.37. The van der Waals surface area contributed by atoms with E-state index in [2.05, 4.69) is 40.5 Å². The van der Waals surface area contributed by atoms with Gasteiger partial charge < -0.3 is 14.5 Å². The molecule has 2 aliphatic heterocycles. The van der Waals surface area contributed by atoms with Crippen LogP contribution in [0.25, 0.3) is 0 Å². The molecule has 0 spiro atoms. The van der Waals surface area contributed by atoms with E-state index < -0.39 is 0 Å². The molecule has 0 amide bonds. The van der Waals surface area contributed by atoms with Crippen LogP contribution in [0, 0.1) is 17.3 Å². The van der Waals surface area contributed by atoms with E-state index in [0.717, 1.165) is 30.7 Å². The molecule has 2 saturated heterocycles. The molecule has 24 heavy (non-hydrogen) atoms. The van der Waals surface area contributed by atoms with Crippen LogP contribution in [-0.4, -0.2) is 54.7 Å². The van der Waals surface area contributed by atoms with Gasteiger partial charge in [-0.05, 0) is 43.1 Å². The van der Waals surface area contributed by atoms with Crippen molar-refractivity contribution in [3.8, 4) is 5.88 Å². The smallest absolute Gasteiger partial charge is 0.218 e. The van der Waals surface area contributed by atoms with E-state index in [1.54, 1.807) is 13.4 Å². The fourth-order valence-electron chi connectivity index (χ4n) is 4.28. The highest BCUT2D eigenvalue weighted by Crippen LogP contribution is 2.34. The predicted octanol–water partition coefficient (Wildman–Crippen LogP) is 3.07. The Bertz CT molecular complexity index is 534. The summed E-state index contributed by atoms with van der Waals surface area (Å²) in [4.78, 5) is 13.6. The molecule has 0 aromatic carbocycles. The van der Waals surface area contributed by atoms with Crippen LogP contribution in [0.5, 0.6) is 5.88 Å². The van der Waals surface area contributed by atoms with E-state index in [9.17, 15) is 0 Å². The first-order valence-corrected chi connectivity index (χ1v) is 9.28. The third-order valence-corrected chi connectivity index (χ3v) is 5.37. The summed E-state index contributed by atoms with van der Waals surface area (Å²) in [7, 11) is 1.65. The Morgan fingerprint density at radius 1 is 1.08 bits per heavy atom. The second kappa shape index (κ2) is 7.26. The molecule has 5 nitrogen and oxygen atoms in total. The summed E-state index contributed by atoms with van der Waals surface area (Å²) >= 11 is 0. The number of likely N-dealkylation sites (tertiary alicyclic amines) is 1. The Morgan fingerprint density at radius 3 is 2.46 bits per heavy atom. The summed E-state index contributed by atoms with van der Waals surface area (Å²) in [6, 6.07) is 1.95. The summed E-state index contributed by atoms with van der Waals surface area (Å²) in [5.74, 6) is 3.40. The van der Waals surface area contributed by atoms with Crippen molar-refractivity contribution in [1.29, 1.82) is 0 Å². The van der Waals surface area contributed by atoms with Crippen molar-refractivity contribution >= 4 is 5.82 Å². The second-order valence-corrected chi connectivity index (χ2v) is 8.59. The Morgan fingerprint density at radius 2 is 1.79 bits per heavy atom. The molecule has 0 N–H and O–H groups in total. The van der Waals surface area contributed by atoms with E-state index >= 15 is 0 Å². The topological polar surface area (TPSA) is 41.5 Å². The van der Waals surface area contributed by atoms with E-state index in [4.69, 9.17) is 4.74 Å². The van der Waals surface area contributed by atoms with Crippen molar-refractivity contribution in [3.05, 3.63) is 12.4 Å². The zero-order chi connectivity index (χ0) is 17.2. The van der Waals surface area contributed by atoms with Crippen LogP contribution < -0.4 is 9.64 Å². The van der Waals surface area contributed by atoms with Crippen molar-refractivity contribution in [3.63, 3.8) is 0 Å². The van der Waals surface area contributed by atoms with Gasteiger partial charge in [0.1, 0.15) is 12.1 Å². The van der Waals surface area contributed by atoms with Gasteiger partial charge in [0.2, 0.25) is 5.88 Å². The minimum Gasteiger partial charge on any atom is -0.481 e. The largest absolute Gasteiger partial charge is 0.481 e. The van der Waals surface area contributed by atoms with Gasteiger partial charge in [-0.25, -0.2) is 9.97 Å². The zero-order valence-corrected chi connectivity index (χ0v) is 15.7. The minimum absolute atomic E-state index is 0.407. The standard InChI is InChI=1S/C19H32N4O/c1-19(2,3)13-22-8-5-16(12-22)15-6-9-23(10-7-15)17-11-18(24-4)21-14-20-17/h11,14-16H,5-10,12-13H2,1-4H3. The number of rotatable bonds is 4. The molecule has 1 aromatic rings. The van der Waals surface area contributed by atoms with Gasteiger partial charge in [-0.3, -0.25) is 0 Å². The number of aromatic nitrogens is 2. The van der Waals surface area contributed by atoms with Crippen LogP contribution in [0.1, 0.15) is 40.0 Å². The summed E-state index contributed by atoms with van der Waals surface area (Å²) in [6.45, 7) is 13.0. The van der Waals surface area contributed by atoms with Crippen molar-refractivity contribution < 1.29 is 4.74 Å². The lowest BCUT2D eigenvalue weighted by Crippen LogP contribution is -2.38. The number of anilines is 1. The van der Waals surface area contributed by atoms with Gasteiger partial charge in [-0.2, -0.15) is 0 Å². The SMILES string of the molecule is COc1cc(N2CCC(C3CCN(CC(C)(C)C)C3)CC2)ncn1. The minimum atomic E-state index is 0.407. The Balaban J connectivity index is 1.50. The molecule has 1 atom stereocenters. The molecule has 0 aliphatic carbocycles. The highest BCUT2D eigenvalue weighted by Gasteiger charge is 2.33. The highest BCUT2D eigenvalue weighted by atomic mass is 16.5. The summed E-state index contributed by atoms with van der Waals surface area (Å²) < 4.78 is 5.22. The summed E-state index contributed by atoms with van der Waals surface area (Å²) in [5.41, 5.74) is 0.407. The molecular formula is C19H32N4O. The first-order valence-electron chi connectivity index (χ1n) is 9.28. The first kappa shape index (κ1) is 17.5. The van der Waals surface area contributed by atoms with Gasteiger partial charge >= 0.3 is 0 Å². The monoisotopic (exact) mass is 332 g/mol. The molecule has 0 bridgehead atoms. The van der Waals surface area contributed by atoms with Crippen molar-refractivity contribution in [2.45, 2.75) is 40.0 Å². The molecular weight excluding hydrogens is 300 g/mol. The van der Waals surface area contributed by atoms with Gasteiger partial charge in [0.15, 0.2) is 0 Å². The number of ether oxygens (including phenoxy) is 1. The lowest BCUT2D eigenvalue weighted by molar-refractivity contribution is 0.203. The van der Waals surface area contributed by atoms with Gasteiger partial charge in [-0.15, -0.1) is 0 Å². The molecule has 1 aromatic heterocycles. The van der Waals surface area contributed by atoms with Crippen LogP contribution in [-0.2, 0) is 0 Å². The average molecular weight is 332 g/mol. The Hall–Kier alpha value is -1.36. The molecule has 1 unspecified atom stereocenters. The molecule has 0 radical (unpaired) electrons. The van der Waals surface area contributed by atoms with E-state index in [1.807, 2.05) is 6.07 Å². The fourth-order valence-corrected chi connectivity index (χ4v) is 4.28. The van der Waals surface area contributed by atoms with Gasteiger partial charge in [-0.1, -0.05) is 20.8 Å². The van der Waals surface area contributed by atoms with Gasteiger partial charge in [0.25, 0.3) is 0 Å². The molecule has 2 fully saturated rings. The quantitative estimate of drug-likeness (QED) is 0.847. The number of piperidine rings is 1. The van der Waals surface area contributed by atoms with E-state index in [0.29, 0.717) is 11.3 Å². The first-order chi connectivity index (χ1) is 11.4. The summed E-state index contributed by atoms with van der Waals surface area (Å²) in [5, 5.41) is 0. The molecule has 2 aliphatic rings. The molecule has 3 heterocycles. The maximum absolute atomic E-state index is 5.22. The maximum Gasteiger partial charge on any atom is 0.218 e. The molecule has 5 heteroatoms. The van der Waals surface area contributed by atoms with Crippen molar-refractivity contribution in [1.82, 2.24) is 14.9 Å². The Labute approximate surface area is 146 Å². The number of hydrogen-bond donors (Lipinski definition) is 0. The van der Waals surface area contributed by atoms with Gasteiger partial charge in [0, 0.05) is 32.2 Å². The number of methoxy groups -OCH3 is 1. The van der Waals surface area contributed by atoms with Crippen LogP contribution >= 0.6 is 0 Å². The lowest BCUT2D eigenvalue weighted by atomic mass is 9.83. The highest BCUT2D eigenvalue weighted by molar-refractivity contribution is 5.41. The van der Waals surface area contributed by atoms with E-state index in [-0.39, 0.29) is 0 Å². The number of hydrogen-bond acceptors (Lipinski definition) is 5. The normalized spacial score (nSPS) is 23.7.